The molecule has 1 atom stereocenters. The van der Waals surface area contributed by atoms with Gasteiger partial charge in [-0.15, -0.1) is 0 Å². The second-order valence-electron chi connectivity index (χ2n) is 1.77. The van der Waals surface area contributed by atoms with Crippen LogP contribution in [-0.4, -0.2) is 30.8 Å². The third kappa shape index (κ3) is 3.87. The molecule has 0 bridgehead atoms. The van der Waals surface area contributed by atoms with Crippen molar-refractivity contribution in [2.75, 3.05) is 13.7 Å². The lowest BCUT2D eigenvalue weighted by Gasteiger charge is -2.00. The van der Waals surface area contributed by atoms with Crippen LogP contribution in [0.4, 0.5) is 0 Å². The Morgan fingerprint density at radius 1 is 1.90 bits per heavy atom. The summed E-state index contributed by atoms with van der Waals surface area (Å²) in [4.78, 5) is 13.3. The van der Waals surface area contributed by atoms with E-state index in [2.05, 4.69) is 9.58 Å². The molecule has 0 heterocycles. The summed E-state index contributed by atoms with van der Waals surface area (Å²) < 4.78 is 4.27. The van der Waals surface area contributed by atoms with Crippen LogP contribution in [-0.2, 0) is 9.53 Å². The summed E-state index contributed by atoms with van der Waals surface area (Å²) in [6, 6.07) is 0. The maximum absolute atomic E-state index is 10.4. The van der Waals surface area contributed by atoms with Gasteiger partial charge in [-0.3, -0.25) is 4.79 Å². The number of hydrogen-bond donors (Lipinski definition) is 1. The number of hydrogen-bond acceptors (Lipinski definition) is 3. The molecule has 0 unspecified atom stereocenters. The highest BCUT2D eigenvalue weighted by Gasteiger charge is 2.12. The van der Waals surface area contributed by atoms with Gasteiger partial charge in [-0.05, 0) is 0 Å². The van der Waals surface area contributed by atoms with E-state index in [9.17, 15) is 4.79 Å². The number of nitrogens with zero attached hydrogens (tertiary/aromatic N) is 1. The summed E-state index contributed by atoms with van der Waals surface area (Å²) >= 11 is 0. The van der Waals surface area contributed by atoms with Crippen LogP contribution in [0.2, 0.25) is 0 Å². The van der Waals surface area contributed by atoms with Crippen molar-refractivity contribution >= 4 is 5.97 Å². The van der Waals surface area contributed by atoms with Crippen molar-refractivity contribution in [3.8, 4) is 0 Å². The van der Waals surface area contributed by atoms with Crippen LogP contribution < -0.4 is 0 Å². The van der Waals surface area contributed by atoms with Gasteiger partial charge in [-0.1, -0.05) is 0 Å². The minimum absolute atomic E-state index is 0.0465. The Morgan fingerprint density at radius 3 is 2.90 bits per heavy atom. The third-order valence-electron chi connectivity index (χ3n) is 0.932. The van der Waals surface area contributed by atoms with Crippen molar-refractivity contribution in [1.29, 1.82) is 0 Å². The fourth-order valence-electron chi connectivity index (χ4n) is 0.446. The topological polar surface area (TPSA) is 50.9 Å². The van der Waals surface area contributed by atoms with Crippen molar-refractivity contribution in [1.82, 2.24) is 0 Å². The van der Waals surface area contributed by atoms with Crippen molar-refractivity contribution in [2.45, 2.75) is 12.5 Å². The number of esters is 1. The van der Waals surface area contributed by atoms with E-state index in [0.717, 1.165) is 0 Å². The second kappa shape index (κ2) is 4.77. The molecule has 0 aromatic rings. The lowest BCUT2D eigenvalue weighted by molar-refractivity contribution is -0.142. The number of rotatable bonds is 3. The number of aliphatic hydroxyl groups excluding tert-OH is 1. The van der Waals surface area contributed by atoms with E-state index in [0.29, 0.717) is 0 Å². The van der Waals surface area contributed by atoms with Gasteiger partial charge < -0.3 is 14.7 Å². The summed E-state index contributed by atoms with van der Waals surface area (Å²) in [5, 5.41) is 8.84. The van der Waals surface area contributed by atoms with E-state index in [-0.39, 0.29) is 13.0 Å². The fraction of sp³-hybridized carbons (Fsp3) is 0.667. The first-order valence-electron chi connectivity index (χ1n) is 2.78. The Bertz CT molecular complexity index is 150. The molecule has 0 aliphatic rings. The Hall–Kier alpha value is -1.08. The molecule has 4 nitrogen and oxygen atoms in total. The standard InChI is InChI=1S/C6H9NO3/c1-7-4-5(8)3-6(9)10-2/h5,8H,3-4H2,2H3/t5-/m0/s1. The maximum atomic E-state index is 10.4. The zero-order chi connectivity index (χ0) is 7.98. The van der Waals surface area contributed by atoms with Crippen molar-refractivity contribution in [3.05, 3.63) is 11.4 Å². The van der Waals surface area contributed by atoms with Gasteiger partial charge in [0.15, 0.2) is 0 Å². The van der Waals surface area contributed by atoms with Crippen LogP contribution in [0.5, 0.6) is 0 Å². The van der Waals surface area contributed by atoms with Crippen LogP contribution in [0, 0.1) is 6.57 Å². The van der Waals surface area contributed by atoms with E-state index in [1.807, 2.05) is 0 Å². The summed E-state index contributed by atoms with van der Waals surface area (Å²) in [5.41, 5.74) is 0. The number of methoxy groups -OCH3 is 1. The minimum atomic E-state index is -0.884. The zero-order valence-electron chi connectivity index (χ0n) is 5.70. The molecule has 1 N–H and O–H groups in total. The average molecular weight is 143 g/mol. The van der Waals surface area contributed by atoms with Crippen LogP contribution in [0.1, 0.15) is 6.42 Å². The van der Waals surface area contributed by atoms with Crippen molar-refractivity contribution < 1.29 is 14.6 Å². The van der Waals surface area contributed by atoms with E-state index < -0.39 is 12.1 Å². The number of ether oxygens (including phenoxy) is 1. The molecule has 0 saturated carbocycles. The van der Waals surface area contributed by atoms with E-state index in [4.69, 9.17) is 11.7 Å². The van der Waals surface area contributed by atoms with Crippen LogP contribution >= 0.6 is 0 Å². The molecule has 0 aliphatic heterocycles. The molecule has 0 amide bonds. The monoisotopic (exact) mass is 143 g/mol. The van der Waals surface area contributed by atoms with Gasteiger partial charge in [-0.25, -0.2) is 6.57 Å². The van der Waals surface area contributed by atoms with Gasteiger partial charge in [0.2, 0.25) is 6.54 Å². The molecular weight excluding hydrogens is 134 g/mol. The van der Waals surface area contributed by atoms with E-state index in [1.165, 1.54) is 7.11 Å². The number of carbonyl (C=O) groups excluding carboxylic acids is 1. The molecule has 0 aliphatic carbocycles. The molecular formula is C6H9NO3. The van der Waals surface area contributed by atoms with E-state index in [1.54, 1.807) is 0 Å². The third-order valence-corrected chi connectivity index (χ3v) is 0.932. The van der Waals surface area contributed by atoms with Crippen LogP contribution in [0.25, 0.3) is 4.85 Å². The maximum Gasteiger partial charge on any atom is 0.308 e. The predicted molar refractivity (Wildman–Crippen MR) is 34.1 cm³/mol. The van der Waals surface area contributed by atoms with Crippen LogP contribution in [0.3, 0.4) is 0 Å². The highest BCUT2D eigenvalue weighted by atomic mass is 16.5. The van der Waals surface area contributed by atoms with Crippen molar-refractivity contribution in [3.63, 3.8) is 0 Å². The SMILES string of the molecule is [C-]#[N+]C[C@@H](O)CC(=O)OC. The molecule has 4 heteroatoms. The minimum Gasteiger partial charge on any atom is -0.469 e. The quantitative estimate of drug-likeness (QED) is 0.440. The molecule has 0 saturated heterocycles. The first kappa shape index (κ1) is 8.92. The van der Waals surface area contributed by atoms with Gasteiger partial charge in [0.25, 0.3) is 0 Å². The normalized spacial score (nSPS) is 11.7. The van der Waals surface area contributed by atoms with Gasteiger partial charge in [0, 0.05) is 0 Å². The Kier molecular flexibility index (Phi) is 4.25. The molecule has 0 rings (SSSR count). The summed E-state index contributed by atoms with van der Waals surface area (Å²) in [7, 11) is 1.24. The summed E-state index contributed by atoms with van der Waals surface area (Å²) in [5.74, 6) is -0.490. The molecule has 10 heavy (non-hydrogen) atoms. The van der Waals surface area contributed by atoms with Crippen molar-refractivity contribution in [2.24, 2.45) is 0 Å². The first-order chi connectivity index (χ1) is 4.70. The average Bonchev–Trinajstić information content (AvgIpc) is 1.88. The largest absolute Gasteiger partial charge is 0.469 e. The fourth-order valence-corrected chi connectivity index (χ4v) is 0.446. The summed E-state index contributed by atoms with van der Waals surface area (Å²) in [6.45, 7) is 6.30. The number of carbonyl (C=O) groups is 1. The Labute approximate surface area is 59.2 Å². The molecule has 56 valence electrons. The highest BCUT2D eigenvalue weighted by Crippen LogP contribution is 1.93. The van der Waals surface area contributed by atoms with Crippen LogP contribution in [0.15, 0.2) is 0 Å². The molecule has 0 aromatic carbocycles. The smallest absolute Gasteiger partial charge is 0.308 e. The van der Waals surface area contributed by atoms with E-state index >= 15 is 0 Å². The molecule has 0 spiro atoms. The second-order valence-corrected chi connectivity index (χ2v) is 1.77. The number of aliphatic hydroxyl groups is 1. The predicted octanol–water partition coefficient (Wildman–Crippen LogP) is -0.170. The summed E-state index contributed by atoms with van der Waals surface area (Å²) in [6.07, 6.45) is -0.983. The Balaban J connectivity index is 3.49. The van der Waals surface area contributed by atoms with Gasteiger partial charge >= 0.3 is 5.97 Å². The molecule has 0 fully saturated rings. The Morgan fingerprint density at radius 2 is 2.50 bits per heavy atom. The highest BCUT2D eigenvalue weighted by molar-refractivity contribution is 5.69. The van der Waals surface area contributed by atoms with Gasteiger partial charge in [0.05, 0.1) is 13.5 Å². The van der Waals surface area contributed by atoms with Gasteiger partial charge in [0.1, 0.15) is 6.10 Å². The zero-order valence-corrected chi connectivity index (χ0v) is 5.70. The lowest BCUT2D eigenvalue weighted by atomic mass is 10.2. The molecule has 0 aromatic heterocycles. The first-order valence-corrected chi connectivity index (χ1v) is 2.78. The lowest BCUT2D eigenvalue weighted by Crippen LogP contribution is -2.16. The van der Waals surface area contributed by atoms with Gasteiger partial charge in [-0.2, -0.15) is 0 Å². The molecule has 0 radical (unpaired) electrons.